The molecule has 28 heavy (non-hydrogen) atoms. The fourth-order valence-corrected chi connectivity index (χ4v) is 3.13. The molecule has 0 aliphatic heterocycles. The molecule has 1 unspecified atom stereocenters. The monoisotopic (exact) mass is 395 g/mol. The lowest BCUT2D eigenvalue weighted by atomic mass is 10.00. The van der Waals surface area contributed by atoms with Crippen LogP contribution >= 0.6 is 0 Å². The maximum absolute atomic E-state index is 14.5. The van der Waals surface area contributed by atoms with E-state index in [2.05, 4.69) is 23.9 Å². The summed E-state index contributed by atoms with van der Waals surface area (Å²) < 4.78 is 59.9. The maximum Gasteiger partial charge on any atom is 0.435 e. The SMILES string of the molecule is CC(C)CC(C)COc1ccc(-c2ccnc3cc(C(F)(F)F)nn23)cc1F. The first-order valence-corrected chi connectivity index (χ1v) is 9.00. The van der Waals surface area contributed by atoms with E-state index in [0.29, 0.717) is 23.8 Å². The lowest BCUT2D eigenvalue weighted by Gasteiger charge is -2.15. The van der Waals surface area contributed by atoms with Gasteiger partial charge in [0.2, 0.25) is 0 Å². The van der Waals surface area contributed by atoms with E-state index in [-0.39, 0.29) is 17.3 Å². The van der Waals surface area contributed by atoms with E-state index in [1.807, 2.05) is 6.92 Å². The number of fused-ring (bicyclic) bond motifs is 1. The quantitative estimate of drug-likeness (QED) is 0.509. The molecule has 0 saturated heterocycles. The van der Waals surface area contributed by atoms with Crippen molar-refractivity contribution >= 4 is 5.65 Å². The molecule has 0 aliphatic rings. The summed E-state index contributed by atoms with van der Waals surface area (Å²) in [6, 6.07) is 6.64. The van der Waals surface area contributed by atoms with Crippen molar-refractivity contribution in [2.24, 2.45) is 11.8 Å². The summed E-state index contributed by atoms with van der Waals surface area (Å²) in [5, 5.41) is 3.57. The Kier molecular flexibility index (Phi) is 5.58. The van der Waals surface area contributed by atoms with Gasteiger partial charge >= 0.3 is 6.18 Å². The fraction of sp³-hybridized carbons (Fsp3) is 0.400. The Morgan fingerprint density at radius 2 is 1.86 bits per heavy atom. The van der Waals surface area contributed by atoms with Gasteiger partial charge in [-0.25, -0.2) is 13.9 Å². The van der Waals surface area contributed by atoms with Gasteiger partial charge in [-0.2, -0.15) is 18.3 Å². The molecular formula is C20H21F4N3O. The van der Waals surface area contributed by atoms with Crippen LogP contribution in [0.3, 0.4) is 0 Å². The van der Waals surface area contributed by atoms with Gasteiger partial charge < -0.3 is 4.74 Å². The highest BCUT2D eigenvalue weighted by molar-refractivity contribution is 5.63. The van der Waals surface area contributed by atoms with Gasteiger partial charge in [0.1, 0.15) is 0 Å². The van der Waals surface area contributed by atoms with Crippen LogP contribution in [-0.4, -0.2) is 21.2 Å². The Bertz CT molecular complexity index is 966. The lowest BCUT2D eigenvalue weighted by molar-refractivity contribution is -0.141. The normalized spacial score (nSPS) is 13.3. The molecule has 0 spiro atoms. The third-order valence-corrected chi connectivity index (χ3v) is 4.27. The molecular weight excluding hydrogens is 374 g/mol. The Balaban J connectivity index is 1.87. The van der Waals surface area contributed by atoms with E-state index in [1.54, 1.807) is 6.07 Å². The van der Waals surface area contributed by atoms with Gasteiger partial charge in [0.05, 0.1) is 12.3 Å². The van der Waals surface area contributed by atoms with Crippen LogP contribution < -0.4 is 4.74 Å². The third kappa shape index (κ3) is 4.43. The number of hydrogen-bond donors (Lipinski definition) is 0. The summed E-state index contributed by atoms with van der Waals surface area (Å²) in [5.41, 5.74) is -0.330. The first-order valence-electron chi connectivity index (χ1n) is 9.00. The maximum atomic E-state index is 14.5. The molecule has 150 valence electrons. The van der Waals surface area contributed by atoms with Gasteiger partial charge in [-0.15, -0.1) is 0 Å². The standard InChI is InChI=1S/C20H21F4N3O/c1-12(2)8-13(3)11-28-17-5-4-14(9-15(17)21)16-6-7-25-19-10-18(20(22,23)24)26-27(16)19/h4-7,9-10,12-13H,8,11H2,1-3H3. The van der Waals surface area contributed by atoms with Gasteiger partial charge in [0.15, 0.2) is 22.9 Å². The second-order valence-corrected chi connectivity index (χ2v) is 7.32. The fourth-order valence-electron chi connectivity index (χ4n) is 3.13. The van der Waals surface area contributed by atoms with E-state index in [1.165, 1.54) is 24.4 Å². The zero-order valence-corrected chi connectivity index (χ0v) is 15.8. The summed E-state index contributed by atoms with van der Waals surface area (Å²) >= 11 is 0. The Hall–Kier alpha value is -2.64. The second kappa shape index (κ2) is 7.77. The zero-order chi connectivity index (χ0) is 20.5. The molecule has 0 fully saturated rings. The summed E-state index contributed by atoms with van der Waals surface area (Å²) in [4.78, 5) is 3.90. The van der Waals surface area contributed by atoms with Gasteiger partial charge in [0.25, 0.3) is 0 Å². The second-order valence-electron chi connectivity index (χ2n) is 7.32. The summed E-state index contributed by atoms with van der Waals surface area (Å²) in [6.45, 7) is 6.65. The van der Waals surface area contributed by atoms with Gasteiger partial charge in [-0.05, 0) is 42.5 Å². The molecule has 0 bridgehead atoms. The molecule has 2 aromatic heterocycles. The Labute approximate surface area is 160 Å². The van der Waals surface area contributed by atoms with Gasteiger partial charge in [-0.3, -0.25) is 0 Å². The molecule has 4 nitrogen and oxygen atoms in total. The van der Waals surface area contributed by atoms with E-state index in [4.69, 9.17) is 4.74 Å². The molecule has 3 rings (SSSR count). The van der Waals surface area contributed by atoms with Gasteiger partial charge in [-0.1, -0.05) is 20.8 Å². The van der Waals surface area contributed by atoms with Crippen molar-refractivity contribution in [1.82, 2.24) is 14.6 Å². The molecule has 8 heteroatoms. The number of aromatic nitrogens is 3. The van der Waals surface area contributed by atoms with Crippen LogP contribution in [0.4, 0.5) is 17.6 Å². The van der Waals surface area contributed by atoms with Crippen molar-refractivity contribution in [3.05, 3.63) is 48.0 Å². The number of halogens is 4. The molecule has 2 heterocycles. The molecule has 1 aromatic carbocycles. The van der Waals surface area contributed by atoms with Crippen LogP contribution in [0.5, 0.6) is 5.75 Å². The molecule has 3 aromatic rings. The molecule has 0 saturated carbocycles. The third-order valence-electron chi connectivity index (χ3n) is 4.27. The van der Waals surface area contributed by atoms with Crippen molar-refractivity contribution in [2.45, 2.75) is 33.4 Å². The smallest absolute Gasteiger partial charge is 0.435 e. The van der Waals surface area contributed by atoms with Crippen molar-refractivity contribution in [3.63, 3.8) is 0 Å². The predicted octanol–water partition coefficient (Wildman–Crippen LogP) is 5.62. The molecule has 0 amide bonds. The number of nitrogens with zero attached hydrogens (tertiary/aromatic N) is 3. The summed E-state index contributed by atoms with van der Waals surface area (Å²) in [7, 11) is 0. The van der Waals surface area contributed by atoms with Crippen molar-refractivity contribution in [1.29, 1.82) is 0 Å². The van der Waals surface area contributed by atoms with E-state index < -0.39 is 17.7 Å². The predicted molar refractivity (Wildman–Crippen MR) is 97.5 cm³/mol. The number of hydrogen-bond acceptors (Lipinski definition) is 3. The molecule has 1 atom stereocenters. The Morgan fingerprint density at radius 1 is 1.11 bits per heavy atom. The van der Waals surface area contributed by atoms with Crippen LogP contribution in [-0.2, 0) is 6.18 Å². The van der Waals surface area contributed by atoms with E-state index in [0.717, 1.165) is 17.0 Å². The summed E-state index contributed by atoms with van der Waals surface area (Å²) in [6.07, 6.45) is -2.25. The minimum absolute atomic E-state index is 0.0352. The van der Waals surface area contributed by atoms with Crippen LogP contribution in [0.15, 0.2) is 36.5 Å². The number of ether oxygens (including phenoxy) is 1. The first kappa shape index (κ1) is 20.1. The van der Waals surface area contributed by atoms with Crippen LogP contribution in [0.1, 0.15) is 32.9 Å². The topological polar surface area (TPSA) is 39.4 Å². The number of rotatable bonds is 6. The highest BCUT2D eigenvalue weighted by Gasteiger charge is 2.34. The highest BCUT2D eigenvalue weighted by atomic mass is 19.4. The molecule has 0 aliphatic carbocycles. The van der Waals surface area contributed by atoms with E-state index >= 15 is 0 Å². The Morgan fingerprint density at radius 3 is 2.50 bits per heavy atom. The average molecular weight is 395 g/mol. The number of benzene rings is 1. The van der Waals surface area contributed by atoms with Crippen LogP contribution in [0.25, 0.3) is 16.9 Å². The number of alkyl halides is 3. The largest absolute Gasteiger partial charge is 0.490 e. The lowest BCUT2D eigenvalue weighted by Crippen LogP contribution is -2.11. The van der Waals surface area contributed by atoms with Crippen LogP contribution in [0.2, 0.25) is 0 Å². The minimum Gasteiger partial charge on any atom is -0.490 e. The highest BCUT2D eigenvalue weighted by Crippen LogP contribution is 2.31. The molecule has 0 N–H and O–H groups in total. The minimum atomic E-state index is -4.58. The van der Waals surface area contributed by atoms with Crippen molar-refractivity contribution < 1.29 is 22.3 Å². The summed E-state index contributed by atoms with van der Waals surface area (Å²) in [5.74, 6) is 0.336. The van der Waals surface area contributed by atoms with Gasteiger partial charge in [0, 0.05) is 17.8 Å². The first-order chi connectivity index (χ1) is 13.1. The van der Waals surface area contributed by atoms with E-state index in [9.17, 15) is 17.6 Å². The average Bonchev–Trinajstić information content (AvgIpc) is 3.04. The zero-order valence-electron chi connectivity index (χ0n) is 15.8. The molecule has 0 radical (unpaired) electrons. The van der Waals surface area contributed by atoms with Crippen LogP contribution in [0, 0.1) is 17.7 Å². The van der Waals surface area contributed by atoms with Crippen molar-refractivity contribution in [3.8, 4) is 17.0 Å². The van der Waals surface area contributed by atoms with Crippen molar-refractivity contribution in [2.75, 3.05) is 6.61 Å².